The normalized spacial score (nSPS) is 11.1. The van der Waals surface area contributed by atoms with Crippen molar-refractivity contribution < 1.29 is 66.7 Å². The van der Waals surface area contributed by atoms with Crippen LogP contribution in [0.2, 0.25) is 0 Å². The van der Waals surface area contributed by atoms with Gasteiger partial charge < -0.3 is 57.4 Å². The van der Waals surface area contributed by atoms with Crippen LogP contribution in [0.15, 0.2) is 48.5 Å². The summed E-state index contributed by atoms with van der Waals surface area (Å²) in [6.07, 6.45) is 0. The Labute approximate surface area is 314 Å². The Kier molecular flexibility index (Phi) is 27.9. The molecule has 0 aliphatic carbocycles. The highest BCUT2D eigenvalue weighted by Gasteiger charge is 2.19. The zero-order valence-electron chi connectivity index (χ0n) is 30.6. The molecule has 0 aliphatic heterocycles. The SMILES string of the molecule is O=C(OCCOCCOCCOCCOCCOCCOCCOCCOCCOCCOCCNc1ccc([N+](=O)[O-])cc1[N+](=O)[O-])c1ccccc1. The second kappa shape index (κ2) is 32.5. The number of non-ortho nitro benzene ring substituents is 1. The highest BCUT2D eigenvalue weighted by atomic mass is 16.6. The van der Waals surface area contributed by atoms with Crippen molar-refractivity contribution in [3.63, 3.8) is 0 Å². The van der Waals surface area contributed by atoms with E-state index in [1.54, 1.807) is 24.3 Å². The highest BCUT2D eigenvalue weighted by molar-refractivity contribution is 5.89. The fourth-order valence-electron chi connectivity index (χ4n) is 4.12. The lowest BCUT2D eigenvalue weighted by molar-refractivity contribution is -0.393. The van der Waals surface area contributed by atoms with Gasteiger partial charge in [-0.15, -0.1) is 0 Å². The van der Waals surface area contributed by atoms with Gasteiger partial charge in [0.15, 0.2) is 0 Å². The van der Waals surface area contributed by atoms with Gasteiger partial charge >= 0.3 is 5.97 Å². The first-order chi connectivity index (χ1) is 26.5. The van der Waals surface area contributed by atoms with Crippen molar-refractivity contribution >= 4 is 23.0 Å². The molecule has 0 aliphatic rings. The van der Waals surface area contributed by atoms with Crippen molar-refractivity contribution in [2.75, 3.05) is 151 Å². The molecule has 0 heterocycles. The maximum atomic E-state index is 11.8. The standard InChI is InChI=1S/C35H53N3O16/c39-35(31-4-2-1-3-5-31)54-29-28-53-27-26-52-25-24-51-23-22-50-21-20-49-19-18-48-17-16-47-15-14-46-13-12-45-11-10-44-9-8-36-33-7-6-32(37(40)41)30-34(33)38(42)43/h1-7,30,36H,8-29H2. The average molecular weight is 772 g/mol. The fraction of sp³-hybridized carbons (Fsp3) is 0.629. The van der Waals surface area contributed by atoms with Crippen molar-refractivity contribution in [2.24, 2.45) is 0 Å². The molecule has 0 saturated carbocycles. The van der Waals surface area contributed by atoms with E-state index in [-0.39, 0.29) is 42.8 Å². The number of nitro groups is 2. The van der Waals surface area contributed by atoms with E-state index in [0.717, 1.165) is 6.07 Å². The molecule has 19 nitrogen and oxygen atoms in total. The maximum absolute atomic E-state index is 11.8. The number of carbonyl (C=O) groups excluding carboxylic acids is 1. The van der Waals surface area contributed by atoms with Gasteiger partial charge in [-0.3, -0.25) is 20.2 Å². The molecule has 0 unspecified atom stereocenters. The van der Waals surface area contributed by atoms with Crippen molar-refractivity contribution in [3.05, 3.63) is 74.3 Å². The van der Waals surface area contributed by atoms with Gasteiger partial charge in [0.25, 0.3) is 11.4 Å². The van der Waals surface area contributed by atoms with Crippen LogP contribution in [0.3, 0.4) is 0 Å². The molecule has 0 saturated heterocycles. The second-order valence-corrected chi connectivity index (χ2v) is 10.8. The summed E-state index contributed by atoms with van der Waals surface area (Å²) in [5, 5.41) is 24.8. The van der Waals surface area contributed by atoms with Gasteiger partial charge in [-0.2, -0.15) is 0 Å². The van der Waals surface area contributed by atoms with E-state index >= 15 is 0 Å². The van der Waals surface area contributed by atoms with Gasteiger partial charge in [-0.25, -0.2) is 4.79 Å². The minimum atomic E-state index is -0.684. The molecular formula is C35H53N3O16. The maximum Gasteiger partial charge on any atom is 0.338 e. The third-order valence-corrected chi connectivity index (χ3v) is 6.77. The molecule has 2 aromatic carbocycles. The molecule has 54 heavy (non-hydrogen) atoms. The summed E-state index contributed by atoms with van der Waals surface area (Å²) < 4.78 is 59.5. The Morgan fingerprint density at radius 2 is 0.852 bits per heavy atom. The van der Waals surface area contributed by atoms with Crippen LogP contribution in [0.5, 0.6) is 0 Å². The van der Waals surface area contributed by atoms with Crippen molar-refractivity contribution in [1.82, 2.24) is 0 Å². The van der Waals surface area contributed by atoms with Crippen LogP contribution in [0.4, 0.5) is 17.1 Å². The molecular weight excluding hydrogens is 718 g/mol. The number of rotatable bonds is 37. The average Bonchev–Trinajstić information content (AvgIpc) is 3.18. The number of nitrogens with zero attached hydrogens (tertiary/aromatic N) is 2. The predicted octanol–water partition coefficient (Wildman–Crippen LogP) is 2.94. The highest BCUT2D eigenvalue weighted by Crippen LogP contribution is 2.28. The molecule has 0 aromatic heterocycles. The zero-order valence-corrected chi connectivity index (χ0v) is 30.6. The third kappa shape index (κ3) is 24.4. The lowest BCUT2D eigenvalue weighted by Crippen LogP contribution is -2.16. The third-order valence-electron chi connectivity index (χ3n) is 6.77. The van der Waals surface area contributed by atoms with Gasteiger partial charge in [0.1, 0.15) is 12.3 Å². The molecule has 304 valence electrons. The number of nitrogens with one attached hydrogen (secondary N) is 1. The van der Waals surface area contributed by atoms with Crippen LogP contribution in [-0.2, 0) is 52.1 Å². The number of ether oxygens (including phenoxy) is 11. The lowest BCUT2D eigenvalue weighted by atomic mass is 10.2. The van der Waals surface area contributed by atoms with Crippen LogP contribution in [0.1, 0.15) is 10.4 Å². The van der Waals surface area contributed by atoms with E-state index in [9.17, 15) is 25.0 Å². The minimum absolute atomic E-state index is 0.181. The zero-order chi connectivity index (χ0) is 38.7. The number of hydrogen-bond donors (Lipinski definition) is 1. The largest absolute Gasteiger partial charge is 0.460 e. The summed E-state index contributed by atoms with van der Waals surface area (Å²) >= 11 is 0. The van der Waals surface area contributed by atoms with Crippen LogP contribution >= 0.6 is 0 Å². The van der Waals surface area contributed by atoms with E-state index in [1.807, 2.05) is 6.07 Å². The van der Waals surface area contributed by atoms with Gasteiger partial charge in [-0.05, 0) is 18.2 Å². The fourth-order valence-corrected chi connectivity index (χ4v) is 4.12. The molecule has 2 rings (SSSR count). The number of hydrogen-bond acceptors (Lipinski definition) is 17. The van der Waals surface area contributed by atoms with Gasteiger partial charge in [0, 0.05) is 12.6 Å². The van der Waals surface area contributed by atoms with Crippen LogP contribution in [0, 0.1) is 20.2 Å². The number of carbonyl (C=O) groups is 1. The molecule has 0 bridgehead atoms. The summed E-state index contributed by atoms with van der Waals surface area (Å²) in [6.45, 7) is 8.76. The molecule has 0 fully saturated rings. The van der Waals surface area contributed by atoms with Crippen LogP contribution in [-0.4, -0.2) is 161 Å². The molecule has 0 radical (unpaired) electrons. The smallest absolute Gasteiger partial charge is 0.338 e. The van der Waals surface area contributed by atoms with E-state index < -0.39 is 9.85 Å². The van der Waals surface area contributed by atoms with E-state index in [0.29, 0.717) is 131 Å². The Balaban J connectivity index is 1.19. The Morgan fingerprint density at radius 1 is 0.481 bits per heavy atom. The minimum Gasteiger partial charge on any atom is -0.460 e. The molecule has 19 heteroatoms. The quantitative estimate of drug-likeness (QED) is 0.0452. The monoisotopic (exact) mass is 771 g/mol. The molecule has 2 aromatic rings. The first-order valence-corrected chi connectivity index (χ1v) is 17.7. The van der Waals surface area contributed by atoms with Gasteiger partial charge in [-0.1, -0.05) is 18.2 Å². The number of benzene rings is 2. The van der Waals surface area contributed by atoms with Crippen LogP contribution < -0.4 is 5.32 Å². The van der Waals surface area contributed by atoms with Crippen molar-refractivity contribution in [2.45, 2.75) is 0 Å². The number of nitro benzene ring substituents is 2. The lowest BCUT2D eigenvalue weighted by Gasteiger charge is -2.09. The first-order valence-electron chi connectivity index (χ1n) is 17.7. The molecule has 1 N–H and O–H groups in total. The summed E-state index contributed by atoms with van der Waals surface area (Å²) in [5.74, 6) is -0.369. The molecule has 0 spiro atoms. The second-order valence-electron chi connectivity index (χ2n) is 10.8. The predicted molar refractivity (Wildman–Crippen MR) is 193 cm³/mol. The Hall–Kier alpha value is -3.89. The van der Waals surface area contributed by atoms with Gasteiger partial charge in [0.05, 0.1) is 154 Å². The van der Waals surface area contributed by atoms with Crippen molar-refractivity contribution in [1.29, 1.82) is 0 Å². The van der Waals surface area contributed by atoms with Gasteiger partial charge in [0.2, 0.25) is 0 Å². The van der Waals surface area contributed by atoms with Crippen molar-refractivity contribution in [3.8, 4) is 0 Å². The summed E-state index contributed by atoms with van der Waals surface area (Å²) in [7, 11) is 0. The molecule has 0 amide bonds. The number of esters is 1. The van der Waals surface area contributed by atoms with E-state index in [2.05, 4.69) is 5.32 Å². The summed E-state index contributed by atoms with van der Waals surface area (Å²) in [6, 6.07) is 12.2. The Bertz CT molecular complexity index is 1260. The van der Waals surface area contributed by atoms with E-state index in [4.69, 9.17) is 52.1 Å². The summed E-state index contributed by atoms with van der Waals surface area (Å²) in [4.78, 5) is 32.4. The summed E-state index contributed by atoms with van der Waals surface area (Å²) in [5.41, 5.74) is -0.0254. The topological polar surface area (TPSA) is 217 Å². The Morgan fingerprint density at radius 3 is 1.22 bits per heavy atom. The number of anilines is 1. The van der Waals surface area contributed by atoms with Crippen LogP contribution in [0.25, 0.3) is 0 Å². The first kappa shape index (κ1) is 46.3. The van der Waals surface area contributed by atoms with E-state index in [1.165, 1.54) is 12.1 Å². The molecule has 0 atom stereocenters.